The predicted octanol–water partition coefficient (Wildman–Crippen LogP) is 4.93. The van der Waals surface area contributed by atoms with Crippen molar-refractivity contribution in [3.63, 3.8) is 0 Å². The Balaban J connectivity index is 1.69. The van der Waals surface area contributed by atoms with Gasteiger partial charge < -0.3 is 14.4 Å². The zero-order valence-corrected chi connectivity index (χ0v) is 17.8. The summed E-state index contributed by atoms with van der Waals surface area (Å²) in [7, 11) is 1.55. The molecular weight excluding hydrogens is 376 g/mol. The van der Waals surface area contributed by atoms with Crippen LogP contribution in [0.1, 0.15) is 49.3 Å². The fraction of sp³-hybridized carbons (Fsp3) is 0.360. The van der Waals surface area contributed by atoms with Crippen LogP contribution in [0.25, 0.3) is 6.08 Å². The summed E-state index contributed by atoms with van der Waals surface area (Å²) in [5.41, 5.74) is 3.29. The van der Waals surface area contributed by atoms with Gasteiger partial charge in [-0.3, -0.25) is 4.79 Å². The highest BCUT2D eigenvalue weighted by Gasteiger charge is 2.31. The van der Waals surface area contributed by atoms with Crippen LogP contribution in [0.2, 0.25) is 0 Å². The molecule has 0 aliphatic heterocycles. The van der Waals surface area contributed by atoms with Gasteiger partial charge in [-0.2, -0.15) is 5.26 Å². The molecule has 2 aromatic carbocycles. The van der Waals surface area contributed by atoms with Crippen LogP contribution < -0.4 is 9.47 Å². The molecule has 0 saturated heterocycles. The number of nitriles is 1. The van der Waals surface area contributed by atoms with Gasteiger partial charge in [0.1, 0.15) is 6.07 Å². The summed E-state index contributed by atoms with van der Waals surface area (Å²) < 4.78 is 10.7. The molecule has 1 amide bonds. The third-order valence-electron chi connectivity index (χ3n) is 5.17. The first kappa shape index (κ1) is 21.4. The molecule has 1 aliphatic rings. The van der Waals surface area contributed by atoms with Gasteiger partial charge in [-0.1, -0.05) is 44.2 Å². The van der Waals surface area contributed by atoms with E-state index in [2.05, 4.69) is 38.1 Å². The quantitative estimate of drug-likeness (QED) is 0.556. The Kier molecular flexibility index (Phi) is 7.13. The molecule has 1 fully saturated rings. The van der Waals surface area contributed by atoms with Gasteiger partial charge in [-0.25, -0.2) is 0 Å². The first-order valence-corrected chi connectivity index (χ1v) is 10.3. The van der Waals surface area contributed by atoms with E-state index in [0.717, 1.165) is 24.0 Å². The lowest BCUT2D eigenvalue weighted by molar-refractivity contribution is -0.127. The number of ether oxygens (including phenoxy) is 2. The minimum absolute atomic E-state index is 0.00853. The van der Waals surface area contributed by atoms with Crippen molar-refractivity contribution < 1.29 is 14.3 Å². The van der Waals surface area contributed by atoms with E-state index in [1.165, 1.54) is 5.56 Å². The smallest absolute Gasteiger partial charge is 0.247 e. The number of nitrogens with zero attached hydrogens (tertiary/aromatic N) is 2. The zero-order valence-electron chi connectivity index (χ0n) is 17.8. The van der Waals surface area contributed by atoms with Crippen molar-refractivity contribution >= 4 is 12.0 Å². The van der Waals surface area contributed by atoms with Crippen molar-refractivity contribution in [3.05, 3.63) is 65.2 Å². The number of benzene rings is 2. The molecule has 1 aliphatic carbocycles. The number of rotatable bonds is 9. The molecule has 156 valence electrons. The Hall–Kier alpha value is -3.26. The van der Waals surface area contributed by atoms with Crippen molar-refractivity contribution in [3.8, 4) is 17.6 Å². The molecule has 0 heterocycles. The number of carbonyl (C=O) groups excluding carboxylic acids is 1. The Bertz CT molecular complexity index is 938. The summed E-state index contributed by atoms with van der Waals surface area (Å²) in [6, 6.07) is 16.2. The summed E-state index contributed by atoms with van der Waals surface area (Å²) in [6.07, 6.45) is 5.52. The third-order valence-corrected chi connectivity index (χ3v) is 5.17. The number of hydrogen-bond acceptors (Lipinski definition) is 4. The van der Waals surface area contributed by atoms with Crippen molar-refractivity contribution in [1.82, 2.24) is 4.90 Å². The molecule has 0 radical (unpaired) electrons. The molecule has 0 unspecified atom stereocenters. The van der Waals surface area contributed by atoms with E-state index in [1.807, 2.05) is 17.0 Å². The van der Waals surface area contributed by atoms with Crippen LogP contribution >= 0.6 is 0 Å². The van der Waals surface area contributed by atoms with Crippen molar-refractivity contribution in [2.45, 2.75) is 45.2 Å². The van der Waals surface area contributed by atoms with E-state index in [4.69, 9.17) is 14.7 Å². The Morgan fingerprint density at radius 3 is 2.53 bits per heavy atom. The summed E-state index contributed by atoms with van der Waals surface area (Å²) in [6.45, 7) is 4.93. The summed E-state index contributed by atoms with van der Waals surface area (Å²) in [5, 5.41) is 8.67. The lowest BCUT2D eigenvalue weighted by Crippen LogP contribution is -2.31. The van der Waals surface area contributed by atoms with Gasteiger partial charge in [0.05, 0.1) is 7.11 Å². The second-order valence-electron chi connectivity index (χ2n) is 7.78. The van der Waals surface area contributed by atoms with E-state index in [-0.39, 0.29) is 12.5 Å². The number of hydrogen-bond donors (Lipinski definition) is 0. The Morgan fingerprint density at radius 2 is 1.93 bits per heavy atom. The zero-order chi connectivity index (χ0) is 21.5. The van der Waals surface area contributed by atoms with Gasteiger partial charge in [-0.05, 0) is 53.7 Å². The average Bonchev–Trinajstić information content (AvgIpc) is 3.60. The fourth-order valence-electron chi connectivity index (χ4n) is 3.26. The Labute approximate surface area is 178 Å². The molecule has 0 bridgehead atoms. The van der Waals surface area contributed by atoms with Crippen LogP contribution in [0.3, 0.4) is 0 Å². The SMILES string of the molecule is COc1cc(/C=C/C(=O)N(Cc2ccc(C(C)C)cc2)C2CC2)ccc1OCC#N. The standard InChI is InChI=1S/C25H28N2O3/c1-18(2)21-8-4-20(5-9-21)17-27(22-10-11-22)25(28)13-7-19-6-12-23(30-15-14-26)24(16-19)29-3/h4-9,12-13,16,18,22H,10-11,15,17H2,1-3H3/b13-7+. The van der Waals surface area contributed by atoms with Crippen LogP contribution in [-0.2, 0) is 11.3 Å². The van der Waals surface area contributed by atoms with Gasteiger partial charge in [0, 0.05) is 18.7 Å². The maximum atomic E-state index is 12.9. The molecule has 5 heteroatoms. The second-order valence-corrected chi connectivity index (χ2v) is 7.78. The highest BCUT2D eigenvalue weighted by molar-refractivity contribution is 5.92. The molecule has 0 spiro atoms. The first-order valence-electron chi connectivity index (χ1n) is 10.3. The molecule has 2 aromatic rings. The largest absolute Gasteiger partial charge is 0.493 e. The number of carbonyl (C=O) groups is 1. The van der Waals surface area contributed by atoms with E-state index in [1.54, 1.807) is 31.4 Å². The van der Waals surface area contributed by atoms with Gasteiger partial charge in [0.15, 0.2) is 18.1 Å². The Morgan fingerprint density at radius 1 is 1.20 bits per heavy atom. The van der Waals surface area contributed by atoms with Gasteiger partial charge >= 0.3 is 0 Å². The normalized spacial score (nSPS) is 13.3. The third kappa shape index (κ3) is 5.64. The van der Waals surface area contributed by atoms with E-state index in [9.17, 15) is 4.79 Å². The molecule has 3 rings (SSSR count). The van der Waals surface area contributed by atoms with Crippen LogP contribution in [0.5, 0.6) is 11.5 Å². The van der Waals surface area contributed by atoms with Gasteiger partial charge in [-0.15, -0.1) is 0 Å². The minimum Gasteiger partial charge on any atom is -0.493 e. The summed E-state index contributed by atoms with van der Waals surface area (Å²) in [5.74, 6) is 1.54. The molecule has 0 atom stereocenters. The lowest BCUT2D eigenvalue weighted by atomic mass is 10.0. The predicted molar refractivity (Wildman–Crippen MR) is 117 cm³/mol. The van der Waals surface area contributed by atoms with Crippen LogP contribution in [0, 0.1) is 11.3 Å². The monoisotopic (exact) mass is 404 g/mol. The van der Waals surface area contributed by atoms with Crippen LogP contribution in [0.15, 0.2) is 48.5 Å². The average molecular weight is 405 g/mol. The minimum atomic E-state index is -0.0431. The maximum Gasteiger partial charge on any atom is 0.247 e. The molecule has 30 heavy (non-hydrogen) atoms. The summed E-state index contributed by atoms with van der Waals surface area (Å²) in [4.78, 5) is 14.8. The molecule has 5 nitrogen and oxygen atoms in total. The van der Waals surface area contributed by atoms with Crippen molar-refractivity contribution in [1.29, 1.82) is 5.26 Å². The second kappa shape index (κ2) is 9.98. The van der Waals surface area contributed by atoms with Gasteiger partial charge in [0.25, 0.3) is 0 Å². The van der Waals surface area contributed by atoms with Crippen molar-refractivity contribution in [2.75, 3.05) is 13.7 Å². The summed E-state index contributed by atoms with van der Waals surface area (Å²) >= 11 is 0. The van der Waals surface area contributed by atoms with E-state index in [0.29, 0.717) is 30.0 Å². The lowest BCUT2D eigenvalue weighted by Gasteiger charge is -2.21. The molecule has 0 N–H and O–H groups in total. The number of methoxy groups -OCH3 is 1. The van der Waals surface area contributed by atoms with Gasteiger partial charge in [0.2, 0.25) is 5.91 Å². The van der Waals surface area contributed by atoms with Crippen molar-refractivity contribution in [2.24, 2.45) is 0 Å². The highest BCUT2D eigenvalue weighted by Crippen LogP contribution is 2.30. The first-order chi connectivity index (χ1) is 14.5. The topological polar surface area (TPSA) is 62.6 Å². The highest BCUT2D eigenvalue weighted by atomic mass is 16.5. The molecule has 1 saturated carbocycles. The van der Waals surface area contributed by atoms with Crippen LogP contribution in [0.4, 0.5) is 0 Å². The van der Waals surface area contributed by atoms with Crippen LogP contribution in [-0.4, -0.2) is 30.6 Å². The molecule has 0 aromatic heterocycles. The number of amides is 1. The van der Waals surface area contributed by atoms with E-state index < -0.39 is 0 Å². The fourth-order valence-corrected chi connectivity index (χ4v) is 3.26. The molecular formula is C25H28N2O3. The maximum absolute atomic E-state index is 12.9. The van der Waals surface area contributed by atoms with E-state index >= 15 is 0 Å².